The molecule has 2 rings (SSSR count). The molecule has 19 heavy (non-hydrogen) atoms. The largest absolute Gasteiger partial charge is 0.481 e. The van der Waals surface area contributed by atoms with Gasteiger partial charge in [0.15, 0.2) is 0 Å². The number of hydrogen-bond acceptors (Lipinski definition) is 3. The molecule has 1 unspecified atom stereocenters. The molecule has 2 fully saturated rings. The highest BCUT2D eigenvalue weighted by atomic mass is 16.5. The first-order valence-electron chi connectivity index (χ1n) is 7.16. The lowest BCUT2D eigenvalue weighted by atomic mass is 9.71. The van der Waals surface area contributed by atoms with E-state index in [4.69, 9.17) is 4.74 Å². The molecule has 1 aliphatic heterocycles. The summed E-state index contributed by atoms with van der Waals surface area (Å²) in [7, 11) is 0. The van der Waals surface area contributed by atoms with Crippen molar-refractivity contribution in [1.82, 2.24) is 4.90 Å². The van der Waals surface area contributed by atoms with Gasteiger partial charge in [-0.1, -0.05) is 19.3 Å². The van der Waals surface area contributed by atoms with Crippen LogP contribution in [0.4, 0.5) is 0 Å². The fourth-order valence-corrected chi connectivity index (χ4v) is 3.14. The van der Waals surface area contributed by atoms with Crippen LogP contribution in [0.25, 0.3) is 0 Å². The molecule has 1 saturated carbocycles. The van der Waals surface area contributed by atoms with Crippen LogP contribution < -0.4 is 0 Å². The number of carboxylic acids is 1. The maximum atomic E-state index is 12.3. The number of carboxylic acid groups (broad SMARTS) is 1. The van der Waals surface area contributed by atoms with Crippen molar-refractivity contribution in [3.05, 3.63) is 0 Å². The van der Waals surface area contributed by atoms with E-state index in [9.17, 15) is 14.7 Å². The second-order valence-corrected chi connectivity index (χ2v) is 5.84. The second kappa shape index (κ2) is 5.90. The molecule has 1 saturated heterocycles. The Labute approximate surface area is 113 Å². The number of carbonyl (C=O) groups excluding carboxylic acids is 1. The van der Waals surface area contributed by atoms with Crippen LogP contribution in [0.3, 0.4) is 0 Å². The molecule has 2 aliphatic rings. The lowest BCUT2D eigenvalue weighted by Gasteiger charge is -2.36. The smallest absolute Gasteiger partial charge is 0.310 e. The van der Waals surface area contributed by atoms with Crippen molar-refractivity contribution in [2.75, 3.05) is 19.7 Å². The molecule has 1 amide bonds. The topological polar surface area (TPSA) is 66.8 Å². The fourth-order valence-electron chi connectivity index (χ4n) is 3.14. The van der Waals surface area contributed by atoms with E-state index in [1.54, 1.807) is 4.90 Å². The second-order valence-electron chi connectivity index (χ2n) is 5.84. The monoisotopic (exact) mass is 269 g/mol. The number of aliphatic carboxylic acids is 1. The third-order valence-electron chi connectivity index (χ3n) is 4.35. The number of nitrogens with zero attached hydrogens (tertiary/aromatic N) is 1. The standard InChI is InChI=1S/C14H23NO4/c1-11-10-15(7-8-19-11)12(16)9-14(13(17)18)5-3-2-4-6-14/h11H,2-10H2,1H3,(H,17,18). The molecule has 1 heterocycles. The molecule has 1 atom stereocenters. The Morgan fingerprint density at radius 3 is 2.58 bits per heavy atom. The van der Waals surface area contributed by atoms with Gasteiger partial charge >= 0.3 is 5.97 Å². The summed E-state index contributed by atoms with van der Waals surface area (Å²) < 4.78 is 5.41. The van der Waals surface area contributed by atoms with E-state index >= 15 is 0 Å². The average Bonchev–Trinajstić information content (AvgIpc) is 2.39. The van der Waals surface area contributed by atoms with Gasteiger partial charge in [-0.25, -0.2) is 0 Å². The Hall–Kier alpha value is -1.10. The molecule has 5 nitrogen and oxygen atoms in total. The Balaban J connectivity index is 2.00. The summed E-state index contributed by atoms with van der Waals surface area (Å²) in [6, 6.07) is 0. The lowest BCUT2D eigenvalue weighted by Crippen LogP contribution is -2.47. The first kappa shape index (κ1) is 14.3. The summed E-state index contributed by atoms with van der Waals surface area (Å²) >= 11 is 0. The number of morpholine rings is 1. The van der Waals surface area contributed by atoms with Crippen molar-refractivity contribution in [1.29, 1.82) is 0 Å². The molecular weight excluding hydrogens is 246 g/mol. The molecule has 0 spiro atoms. The van der Waals surface area contributed by atoms with Crippen molar-refractivity contribution in [3.63, 3.8) is 0 Å². The summed E-state index contributed by atoms with van der Waals surface area (Å²) in [5, 5.41) is 9.49. The Bertz CT molecular complexity index is 349. The summed E-state index contributed by atoms with van der Waals surface area (Å²) in [5.41, 5.74) is -0.823. The van der Waals surface area contributed by atoms with Crippen molar-refractivity contribution >= 4 is 11.9 Å². The van der Waals surface area contributed by atoms with Gasteiger partial charge in [0.25, 0.3) is 0 Å². The van der Waals surface area contributed by atoms with Gasteiger partial charge in [-0.05, 0) is 19.8 Å². The number of hydrogen-bond donors (Lipinski definition) is 1. The lowest BCUT2D eigenvalue weighted by molar-refractivity contribution is -0.157. The summed E-state index contributed by atoms with van der Waals surface area (Å²) in [6.07, 6.45) is 4.37. The molecule has 0 bridgehead atoms. The molecule has 1 aliphatic carbocycles. The minimum atomic E-state index is -0.823. The third kappa shape index (κ3) is 3.26. The first-order chi connectivity index (χ1) is 9.03. The molecule has 0 aromatic carbocycles. The van der Waals surface area contributed by atoms with Crippen LogP contribution in [-0.4, -0.2) is 47.7 Å². The van der Waals surface area contributed by atoms with Crippen LogP contribution in [0.2, 0.25) is 0 Å². The molecule has 5 heteroatoms. The van der Waals surface area contributed by atoms with E-state index in [2.05, 4.69) is 0 Å². The average molecular weight is 269 g/mol. The van der Waals surface area contributed by atoms with E-state index in [0.717, 1.165) is 19.3 Å². The molecule has 108 valence electrons. The number of amides is 1. The van der Waals surface area contributed by atoms with Gasteiger partial charge in [0, 0.05) is 19.5 Å². The summed E-state index contributed by atoms with van der Waals surface area (Å²) in [5.74, 6) is -0.832. The fraction of sp³-hybridized carbons (Fsp3) is 0.857. The van der Waals surface area contributed by atoms with E-state index in [1.807, 2.05) is 6.92 Å². The zero-order valence-electron chi connectivity index (χ0n) is 11.6. The zero-order chi connectivity index (χ0) is 13.9. The van der Waals surface area contributed by atoms with Gasteiger partial charge < -0.3 is 14.7 Å². The van der Waals surface area contributed by atoms with Crippen LogP contribution in [0, 0.1) is 5.41 Å². The highest BCUT2D eigenvalue weighted by molar-refractivity contribution is 5.85. The Kier molecular flexibility index (Phi) is 4.45. The SMILES string of the molecule is CC1CN(C(=O)CC2(C(=O)O)CCCCC2)CCO1. The predicted molar refractivity (Wildman–Crippen MR) is 69.8 cm³/mol. The normalized spacial score (nSPS) is 27.0. The Morgan fingerprint density at radius 1 is 1.32 bits per heavy atom. The van der Waals surface area contributed by atoms with Gasteiger partial charge in [0.2, 0.25) is 5.91 Å². The minimum Gasteiger partial charge on any atom is -0.481 e. The van der Waals surface area contributed by atoms with E-state index in [1.165, 1.54) is 0 Å². The highest BCUT2D eigenvalue weighted by Gasteiger charge is 2.42. The maximum Gasteiger partial charge on any atom is 0.310 e. The van der Waals surface area contributed by atoms with Crippen LogP contribution in [0.5, 0.6) is 0 Å². The molecule has 0 aromatic rings. The first-order valence-corrected chi connectivity index (χ1v) is 7.16. The van der Waals surface area contributed by atoms with Crippen molar-refractivity contribution in [2.24, 2.45) is 5.41 Å². The van der Waals surface area contributed by atoms with Crippen LogP contribution in [0.1, 0.15) is 45.4 Å². The van der Waals surface area contributed by atoms with Gasteiger partial charge in [-0.2, -0.15) is 0 Å². The highest BCUT2D eigenvalue weighted by Crippen LogP contribution is 2.40. The van der Waals surface area contributed by atoms with Crippen molar-refractivity contribution in [2.45, 2.75) is 51.6 Å². The number of ether oxygens (including phenoxy) is 1. The Morgan fingerprint density at radius 2 is 2.00 bits per heavy atom. The van der Waals surface area contributed by atoms with Crippen molar-refractivity contribution < 1.29 is 19.4 Å². The van der Waals surface area contributed by atoms with Gasteiger partial charge in [-0.3, -0.25) is 9.59 Å². The quantitative estimate of drug-likeness (QED) is 0.846. The van der Waals surface area contributed by atoms with Gasteiger partial charge in [0.1, 0.15) is 0 Å². The number of carbonyl (C=O) groups is 2. The van der Waals surface area contributed by atoms with Gasteiger partial charge in [0.05, 0.1) is 18.1 Å². The predicted octanol–water partition coefficient (Wildman–Crippen LogP) is 1.66. The summed E-state index contributed by atoms with van der Waals surface area (Å²) in [4.78, 5) is 25.6. The number of rotatable bonds is 3. The van der Waals surface area contributed by atoms with E-state index in [0.29, 0.717) is 32.5 Å². The molecule has 0 aromatic heterocycles. The van der Waals surface area contributed by atoms with Crippen LogP contribution in [0.15, 0.2) is 0 Å². The zero-order valence-corrected chi connectivity index (χ0v) is 11.6. The van der Waals surface area contributed by atoms with Crippen molar-refractivity contribution in [3.8, 4) is 0 Å². The third-order valence-corrected chi connectivity index (χ3v) is 4.35. The minimum absolute atomic E-state index is 0.0283. The van der Waals surface area contributed by atoms with E-state index in [-0.39, 0.29) is 18.4 Å². The maximum absolute atomic E-state index is 12.3. The van der Waals surface area contributed by atoms with Gasteiger partial charge in [-0.15, -0.1) is 0 Å². The molecular formula is C14H23NO4. The van der Waals surface area contributed by atoms with Crippen LogP contribution >= 0.6 is 0 Å². The van der Waals surface area contributed by atoms with Crippen LogP contribution in [-0.2, 0) is 14.3 Å². The van der Waals surface area contributed by atoms with E-state index < -0.39 is 11.4 Å². The molecule has 1 N–H and O–H groups in total. The summed E-state index contributed by atoms with van der Waals surface area (Å²) in [6.45, 7) is 3.65. The molecule has 0 radical (unpaired) electrons.